The van der Waals surface area contributed by atoms with Crippen LogP contribution in [0.25, 0.3) is 0 Å². The SMILES string of the molecule is CC(C)=C(C)CS(=O)O. The van der Waals surface area contributed by atoms with Gasteiger partial charge in [0.05, 0.1) is 5.75 Å². The summed E-state index contributed by atoms with van der Waals surface area (Å²) in [5.74, 6) is 0.280. The van der Waals surface area contributed by atoms with Gasteiger partial charge in [-0.05, 0) is 20.8 Å². The lowest BCUT2D eigenvalue weighted by Gasteiger charge is -1.97. The first kappa shape index (κ1) is 8.85. The molecule has 0 aromatic rings. The van der Waals surface area contributed by atoms with E-state index in [0.29, 0.717) is 0 Å². The maximum atomic E-state index is 10.2. The third-order valence-electron chi connectivity index (χ3n) is 1.19. The number of hydrogen-bond donors (Lipinski definition) is 1. The number of rotatable bonds is 2. The highest BCUT2D eigenvalue weighted by molar-refractivity contribution is 7.79. The molecule has 0 bridgehead atoms. The molecule has 3 heteroatoms. The third-order valence-corrected chi connectivity index (χ3v) is 1.87. The van der Waals surface area contributed by atoms with Gasteiger partial charge < -0.3 is 4.55 Å². The Hall–Kier alpha value is -0.150. The van der Waals surface area contributed by atoms with Crippen molar-refractivity contribution in [3.63, 3.8) is 0 Å². The summed E-state index contributed by atoms with van der Waals surface area (Å²) >= 11 is -1.67. The van der Waals surface area contributed by atoms with Crippen LogP contribution in [0.2, 0.25) is 0 Å². The Morgan fingerprint density at radius 2 is 1.89 bits per heavy atom. The molecule has 0 aliphatic heterocycles. The van der Waals surface area contributed by atoms with Crippen LogP contribution in [-0.4, -0.2) is 14.5 Å². The van der Waals surface area contributed by atoms with E-state index in [1.54, 1.807) is 0 Å². The van der Waals surface area contributed by atoms with Crippen LogP contribution in [-0.2, 0) is 11.1 Å². The molecule has 0 aliphatic carbocycles. The van der Waals surface area contributed by atoms with Crippen LogP contribution in [0.3, 0.4) is 0 Å². The molecular formula is C6H12O2S. The lowest BCUT2D eigenvalue weighted by atomic mass is 10.2. The van der Waals surface area contributed by atoms with Crippen molar-refractivity contribution < 1.29 is 8.76 Å². The van der Waals surface area contributed by atoms with Crippen molar-refractivity contribution >= 4 is 11.1 Å². The molecule has 2 nitrogen and oxygen atoms in total. The maximum absolute atomic E-state index is 10.2. The molecule has 1 N–H and O–H groups in total. The Morgan fingerprint density at radius 3 is 2.00 bits per heavy atom. The van der Waals surface area contributed by atoms with Gasteiger partial charge in [0.25, 0.3) is 0 Å². The lowest BCUT2D eigenvalue weighted by molar-refractivity contribution is 0.566. The van der Waals surface area contributed by atoms with Gasteiger partial charge in [-0.3, -0.25) is 0 Å². The molecule has 9 heavy (non-hydrogen) atoms. The van der Waals surface area contributed by atoms with Crippen molar-refractivity contribution in [2.75, 3.05) is 5.75 Å². The molecule has 0 saturated carbocycles. The van der Waals surface area contributed by atoms with Crippen LogP contribution >= 0.6 is 0 Å². The average molecular weight is 148 g/mol. The van der Waals surface area contributed by atoms with E-state index in [1.807, 2.05) is 20.8 Å². The highest BCUT2D eigenvalue weighted by Crippen LogP contribution is 2.01. The quantitative estimate of drug-likeness (QED) is 0.476. The van der Waals surface area contributed by atoms with Crippen LogP contribution < -0.4 is 0 Å². The lowest BCUT2D eigenvalue weighted by Crippen LogP contribution is -1.96. The molecule has 0 aromatic carbocycles. The van der Waals surface area contributed by atoms with E-state index in [0.717, 1.165) is 11.1 Å². The molecule has 0 rings (SSSR count). The zero-order valence-corrected chi connectivity index (χ0v) is 6.79. The predicted octanol–water partition coefficient (Wildman–Crippen LogP) is 1.56. The smallest absolute Gasteiger partial charge is 0.156 e. The van der Waals surface area contributed by atoms with Crippen LogP contribution in [0.5, 0.6) is 0 Å². The maximum Gasteiger partial charge on any atom is 0.156 e. The predicted molar refractivity (Wildman–Crippen MR) is 39.7 cm³/mol. The first-order valence-electron chi connectivity index (χ1n) is 2.74. The minimum atomic E-state index is -1.67. The Morgan fingerprint density at radius 1 is 1.44 bits per heavy atom. The highest BCUT2D eigenvalue weighted by atomic mass is 32.2. The zero-order chi connectivity index (χ0) is 7.44. The molecule has 0 aromatic heterocycles. The van der Waals surface area contributed by atoms with Crippen molar-refractivity contribution in [2.45, 2.75) is 20.8 Å². The Balaban J connectivity index is 3.92. The van der Waals surface area contributed by atoms with E-state index in [-0.39, 0.29) is 5.75 Å². The molecule has 0 aliphatic rings. The normalized spacial score (nSPS) is 12.9. The molecule has 1 atom stereocenters. The highest BCUT2D eigenvalue weighted by Gasteiger charge is 1.95. The van der Waals surface area contributed by atoms with Crippen LogP contribution in [0, 0.1) is 0 Å². The monoisotopic (exact) mass is 148 g/mol. The number of allylic oxidation sites excluding steroid dienone is 1. The van der Waals surface area contributed by atoms with E-state index in [1.165, 1.54) is 0 Å². The van der Waals surface area contributed by atoms with Crippen molar-refractivity contribution in [1.29, 1.82) is 0 Å². The summed E-state index contributed by atoms with van der Waals surface area (Å²) in [6.07, 6.45) is 0. The summed E-state index contributed by atoms with van der Waals surface area (Å²) < 4.78 is 18.6. The van der Waals surface area contributed by atoms with Crippen molar-refractivity contribution in [2.24, 2.45) is 0 Å². The topological polar surface area (TPSA) is 37.3 Å². The first-order valence-corrected chi connectivity index (χ1v) is 4.02. The molecule has 0 radical (unpaired) electrons. The van der Waals surface area contributed by atoms with Crippen molar-refractivity contribution in [3.8, 4) is 0 Å². The standard InChI is InChI=1S/C6H12O2S/c1-5(2)6(3)4-9(7)8/h4H2,1-3H3,(H,7,8). The van der Waals surface area contributed by atoms with Gasteiger partial charge >= 0.3 is 0 Å². The second-order valence-corrected chi connectivity index (χ2v) is 3.18. The molecule has 0 saturated heterocycles. The summed E-state index contributed by atoms with van der Waals surface area (Å²) in [6, 6.07) is 0. The average Bonchev–Trinajstić information content (AvgIpc) is 1.63. The van der Waals surface area contributed by atoms with Gasteiger partial charge in [-0.1, -0.05) is 11.1 Å². The van der Waals surface area contributed by atoms with Crippen molar-refractivity contribution in [3.05, 3.63) is 11.1 Å². The van der Waals surface area contributed by atoms with E-state index in [4.69, 9.17) is 4.55 Å². The first-order chi connectivity index (χ1) is 4.04. The summed E-state index contributed by atoms with van der Waals surface area (Å²) in [4.78, 5) is 0. The van der Waals surface area contributed by atoms with Gasteiger partial charge in [-0.2, -0.15) is 0 Å². The summed E-state index contributed by atoms with van der Waals surface area (Å²) in [5.41, 5.74) is 2.12. The summed E-state index contributed by atoms with van der Waals surface area (Å²) in [5, 5.41) is 0. The second-order valence-electron chi connectivity index (χ2n) is 2.25. The molecular weight excluding hydrogens is 136 g/mol. The second kappa shape index (κ2) is 3.80. The molecule has 1 unspecified atom stereocenters. The molecule has 0 amide bonds. The van der Waals surface area contributed by atoms with E-state index < -0.39 is 11.1 Å². The Labute approximate surface area is 58.3 Å². The third kappa shape index (κ3) is 4.36. The molecule has 0 fully saturated rings. The summed E-state index contributed by atoms with van der Waals surface area (Å²) in [7, 11) is 0. The van der Waals surface area contributed by atoms with E-state index in [2.05, 4.69) is 0 Å². The Kier molecular flexibility index (Phi) is 3.73. The zero-order valence-electron chi connectivity index (χ0n) is 5.97. The van der Waals surface area contributed by atoms with Gasteiger partial charge in [0, 0.05) is 0 Å². The van der Waals surface area contributed by atoms with Gasteiger partial charge in [-0.25, -0.2) is 4.21 Å². The van der Waals surface area contributed by atoms with E-state index in [9.17, 15) is 4.21 Å². The molecule has 0 heterocycles. The molecule has 54 valence electrons. The van der Waals surface area contributed by atoms with E-state index >= 15 is 0 Å². The van der Waals surface area contributed by atoms with Crippen LogP contribution in [0.4, 0.5) is 0 Å². The molecule has 0 spiro atoms. The Bertz CT molecular complexity index is 145. The summed E-state index contributed by atoms with van der Waals surface area (Å²) in [6.45, 7) is 5.73. The van der Waals surface area contributed by atoms with Crippen LogP contribution in [0.1, 0.15) is 20.8 Å². The van der Waals surface area contributed by atoms with Gasteiger partial charge in [-0.15, -0.1) is 0 Å². The van der Waals surface area contributed by atoms with Crippen molar-refractivity contribution in [1.82, 2.24) is 0 Å². The van der Waals surface area contributed by atoms with Gasteiger partial charge in [0.1, 0.15) is 0 Å². The fraction of sp³-hybridized carbons (Fsp3) is 0.667. The van der Waals surface area contributed by atoms with Crippen LogP contribution in [0.15, 0.2) is 11.1 Å². The largest absolute Gasteiger partial charge is 0.306 e. The number of hydrogen-bond acceptors (Lipinski definition) is 1. The van der Waals surface area contributed by atoms with Gasteiger partial charge in [0.2, 0.25) is 0 Å². The minimum absolute atomic E-state index is 0.280. The fourth-order valence-corrected chi connectivity index (χ4v) is 0.989. The van der Waals surface area contributed by atoms with Gasteiger partial charge in [0.15, 0.2) is 11.1 Å². The fourth-order valence-electron chi connectivity index (χ4n) is 0.330. The minimum Gasteiger partial charge on any atom is -0.306 e.